The molecule has 0 amide bonds. The summed E-state index contributed by atoms with van der Waals surface area (Å²) in [5.74, 6) is 0.539. The van der Waals surface area contributed by atoms with E-state index in [4.69, 9.17) is 15.2 Å². The van der Waals surface area contributed by atoms with Crippen LogP contribution in [0.3, 0.4) is 0 Å². The Kier molecular flexibility index (Phi) is 4.53. The van der Waals surface area contributed by atoms with Crippen molar-refractivity contribution in [2.75, 3.05) is 12.8 Å². The minimum atomic E-state index is -0.505. The summed E-state index contributed by atoms with van der Waals surface area (Å²) >= 11 is 0. The van der Waals surface area contributed by atoms with Crippen LogP contribution in [-0.2, 0) is 0 Å². The number of benzene rings is 1. The van der Waals surface area contributed by atoms with Gasteiger partial charge in [-0.15, -0.1) is 0 Å². The molecule has 138 valence electrons. The van der Waals surface area contributed by atoms with E-state index in [-0.39, 0.29) is 23.5 Å². The van der Waals surface area contributed by atoms with Crippen molar-refractivity contribution in [3.8, 4) is 28.8 Å². The molecule has 0 bridgehead atoms. The Morgan fingerprint density at radius 1 is 1.11 bits per heavy atom. The van der Waals surface area contributed by atoms with E-state index in [2.05, 4.69) is 19.9 Å². The van der Waals surface area contributed by atoms with Crippen molar-refractivity contribution in [1.29, 1.82) is 0 Å². The van der Waals surface area contributed by atoms with Crippen LogP contribution in [0.5, 0.6) is 17.5 Å². The number of anilines is 1. The highest BCUT2D eigenvalue weighted by atomic mass is 19.1. The first-order chi connectivity index (χ1) is 13.2. The zero-order chi connectivity index (χ0) is 18.8. The fourth-order valence-electron chi connectivity index (χ4n) is 3.03. The lowest BCUT2D eigenvalue weighted by Crippen LogP contribution is -2.11. The molecule has 0 radical (unpaired) electrons. The molecule has 0 aliphatic heterocycles. The molecule has 8 heteroatoms. The van der Waals surface area contributed by atoms with Gasteiger partial charge in [-0.05, 0) is 30.9 Å². The molecule has 4 rings (SSSR count). The molecule has 7 nitrogen and oxygen atoms in total. The first-order valence-corrected chi connectivity index (χ1v) is 8.61. The molecule has 27 heavy (non-hydrogen) atoms. The Labute approximate surface area is 155 Å². The predicted molar refractivity (Wildman–Crippen MR) is 97.1 cm³/mol. The van der Waals surface area contributed by atoms with Gasteiger partial charge in [-0.25, -0.2) is 24.3 Å². The van der Waals surface area contributed by atoms with Gasteiger partial charge >= 0.3 is 0 Å². The van der Waals surface area contributed by atoms with Gasteiger partial charge in [0.25, 0.3) is 0 Å². The lowest BCUT2D eigenvalue weighted by atomic mass is 9.79. The molecule has 1 aromatic carbocycles. The van der Waals surface area contributed by atoms with Crippen LogP contribution < -0.4 is 15.2 Å². The Hall–Kier alpha value is -3.29. The number of methoxy groups -OCH3 is 1. The van der Waals surface area contributed by atoms with Gasteiger partial charge < -0.3 is 15.2 Å². The second-order valence-corrected chi connectivity index (χ2v) is 6.27. The van der Waals surface area contributed by atoms with E-state index in [1.165, 1.54) is 25.7 Å². The maximum atomic E-state index is 15.4. The summed E-state index contributed by atoms with van der Waals surface area (Å²) in [6, 6.07) is 6.71. The minimum absolute atomic E-state index is 0.0815. The minimum Gasteiger partial charge on any atom is -0.481 e. The number of nitrogens with zero attached hydrogens (tertiary/aromatic N) is 4. The van der Waals surface area contributed by atoms with Gasteiger partial charge in [0.05, 0.1) is 18.9 Å². The van der Waals surface area contributed by atoms with E-state index in [0.29, 0.717) is 17.1 Å². The molecule has 3 aromatic rings. The maximum absolute atomic E-state index is 15.4. The van der Waals surface area contributed by atoms with E-state index >= 15 is 4.39 Å². The normalized spacial score (nSPS) is 13.9. The Bertz CT molecular complexity index is 978. The largest absolute Gasteiger partial charge is 0.481 e. The molecule has 0 saturated heterocycles. The highest BCUT2D eigenvalue weighted by Crippen LogP contribution is 2.45. The SMILES string of the molecule is COc1cc(Oc2c(C3CCC3)ccc(-c3ccnc(N)n3)c2F)ncn1. The van der Waals surface area contributed by atoms with Crippen molar-refractivity contribution >= 4 is 5.95 Å². The summed E-state index contributed by atoms with van der Waals surface area (Å²) in [5, 5.41) is 0. The number of nitrogen functional groups attached to an aromatic ring is 1. The van der Waals surface area contributed by atoms with E-state index in [0.717, 1.165) is 24.8 Å². The molecule has 2 aromatic heterocycles. The molecule has 0 atom stereocenters. The van der Waals surface area contributed by atoms with Gasteiger partial charge in [-0.1, -0.05) is 12.5 Å². The zero-order valence-corrected chi connectivity index (χ0v) is 14.7. The van der Waals surface area contributed by atoms with Crippen molar-refractivity contribution in [2.24, 2.45) is 0 Å². The lowest BCUT2D eigenvalue weighted by molar-refractivity contribution is 0.368. The first-order valence-electron chi connectivity index (χ1n) is 8.61. The van der Waals surface area contributed by atoms with E-state index in [1.807, 2.05) is 6.07 Å². The lowest BCUT2D eigenvalue weighted by Gasteiger charge is -2.28. The zero-order valence-electron chi connectivity index (χ0n) is 14.7. The van der Waals surface area contributed by atoms with E-state index < -0.39 is 5.82 Å². The monoisotopic (exact) mass is 367 g/mol. The topological polar surface area (TPSA) is 96.0 Å². The molecule has 1 fully saturated rings. The smallest absolute Gasteiger partial charge is 0.226 e. The van der Waals surface area contributed by atoms with Crippen LogP contribution in [0.25, 0.3) is 11.3 Å². The molecule has 1 aliphatic rings. The van der Waals surface area contributed by atoms with Crippen molar-refractivity contribution in [3.63, 3.8) is 0 Å². The Balaban J connectivity index is 1.79. The third-order valence-corrected chi connectivity index (χ3v) is 4.66. The Morgan fingerprint density at radius 2 is 1.93 bits per heavy atom. The third-order valence-electron chi connectivity index (χ3n) is 4.66. The van der Waals surface area contributed by atoms with Gasteiger partial charge in [0, 0.05) is 17.3 Å². The second kappa shape index (κ2) is 7.14. The summed E-state index contributed by atoms with van der Waals surface area (Å²) in [7, 11) is 1.49. The summed E-state index contributed by atoms with van der Waals surface area (Å²) in [4.78, 5) is 16.0. The van der Waals surface area contributed by atoms with Crippen LogP contribution in [-0.4, -0.2) is 27.0 Å². The van der Waals surface area contributed by atoms with E-state index in [9.17, 15) is 0 Å². The number of hydrogen-bond donors (Lipinski definition) is 1. The number of hydrogen-bond acceptors (Lipinski definition) is 7. The quantitative estimate of drug-likeness (QED) is 0.734. The summed E-state index contributed by atoms with van der Waals surface area (Å²) in [6.45, 7) is 0. The van der Waals surface area contributed by atoms with Crippen LogP contribution in [0.15, 0.2) is 36.8 Å². The van der Waals surface area contributed by atoms with Crippen molar-refractivity contribution in [3.05, 3.63) is 48.2 Å². The number of aromatic nitrogens is 4. The number of ether oxygens (including phenoxy) is 2. The average molecular weight is 367 g/mol. The first kappa shape index (κ1) is 17.1. The molecule has 1 aliphatic carbocycles. The van der Waals surface area contributed by atoms with Gasteiger partial charge in [0.2, 0.25) is 17.7 Å². The average Bonchev–Trinajstić information content (AvgIpc) is 2.63. The Morgan fingerprint density at radius 3 is 2.63 bits per heavy atom. The molecule has 2 heterocycles. The van der Waals surface area contributed by atoms with Crippen molar-refractivity contribution in [2.45, 2.75) is 25.2 Å². The van der Waals surface area contributed by atoms with Gasteiger partial charge in [0.1, 0.15) is 6.33 Å². The molecule has 2 N–H and O–H groups in total. The third kappa shape index (κ3) is 3.38. The second-order valence-electron chi connectivity index (χ2n) is 6.27. The molecular weight excluding hydrogens is 349 g/mol. The van der Waals surface area contributed by atoms with Gasteiger partial charge in [-0.3, -0.25) is 0 Å². The highest BCUT2D eigenvalue weighted by Gasteiger charge is 2.27. The van der Waals surface area contributed by atoms with E-state index in [1.54, 1.807) is 12.1 Å². The highest BCUT2D eigenvalue weighted by molar-refractivity contribution is 5.65. The van der Waals surface area contributed by atoms with Crippen LogP contribution >= 0.6 is 0 Å². The fraction of sp³-hybridized carbons (Fsp3) is 0.263. The van der Waals surface area contributed by atoms with Crippen molar-refractivity contribution in [1.82, 2.24) is 19.9 Å². The molecule has 0 spiro atoms. The van der Waals surface area contributed by atoms with Crippen LogP contribution in [0.2, 0.25) is 0 Å². The summed E-state index contributed by atoms with van der Waals surface area (Å²) < 4.78 is 26.4. The summed E-state index contributed by atoms with van der Waals surface area (Å²) in [6.07, 6.45) is 5.93. The number of rotatable bonds is 5. The van der Waals surface area contributed by atoms with Crippen LogP contribution in [0.1, 0.15) is 30.7 Å². The standard InChI is InChI=1S/C19H18FN5O2/c1-26-15-9-16(24-10-23-15)27-18-12(11-3-2-4-11)5-6-13(17(18)20)14-7-8-22-19(21)25-14/h5-11H,2-4H2,1H3,(H2,21,22,25). The molecule has 1 saturated carbocycles. The maximum Gasteiger partial charge on any atom is 0.226 e. The predicted octanol–water partition coefficient (Wildman–Crippen LogP) is 3.72. The van der Waals surface area contributed by atoms with Crippen LogP contribution in [0, 0.1) is 5.82 Å². The molecule has 0 unspecified atom stereocenters. The van der Waals surface area contributed by atoms with Gasteiger partial charge in [0.15, 0.2) is 11.6 Å². The van der Waals surface area contributed by atoms with Crippen LogP contribution in [0.4, 0.5) is 10.3 Å². The molecular formula is C19H18FN5O2. The van der Waals surface area contributed by atoms with Crippen molar-refractivity contribution < 1.29 is 13.9 Å². The number of halogens is 1. The summed E-state index contributed by atoms with van der Waals surface area (Å²) in [5.41, 5.74) is 7.15. The fourth-order valence-corrected chi connectivity index (χ4v) is 3.03. The number of nitrogens with two attached hydrogens (primary N) is 1. The van der Waals surface area contributed by atoms with Gasteiger partial charge in [-0.2, -0.15) is 0 Å².